The second-order valence-electron chi connectivity index (χ2n) is 6.76. The maximum absolute atomic E-state index is 12.8. The van der Waals surface area contributed by atoms with E-state index in [1.54, 1.807) is 25.8 Å². The summed E-state index contributed by atoms with van der Waals surface area (Å²) in [6.07, 6.45) is -4.16. The molecule has 1 aromatic carbocycles. The first-order chi connectivity index (χ1) is 11.5. The molecule has 0 saturated carbocycles. The number of amides is 1. The number of fused-ring (bicyclic) bond motifs is 1. The summed E-state index contributed by atoms with van der Waals surface area (Å²) in [5, 5.41) is 3.61. The van der Waals surface area contributed by atoms with Crippen LogP contribution in [0, 0.1) is 0 Å². The van der Waals surface area contributed by atoms with Crippen LogP contribution in [-0.4, -0.2) is 34.8 Å². The highest BCUT2D eigenvalue weighted by molar-refractivity contribution is 7.22. The summed E-state index contributed by atoms with van der Waals surface area (Å²) in [6.45, 7) is 6.38. The Morgan fingerprint density at radius 2 is 1.96 bits per heavy atom. The molecular formula is C16H18F3N3O2S. The highest BCUT2D eigenvalue weighted by Crippen LogP contribution is 2.36. The van der Waals surface area contributed by atoms with Gasteiger partial charge < -0.3 is 4.74 Å². The van der Waals surface area contributed by atoms with Crippen molar-refractivity contribution in [1.82, 2.24) is 9.99 Å². The van der Waals surface area contributed by atoms with Crippen LogP contribution in [0.15, 0.2) is 18.2 Å². The second-order valence-corrected chi connectivity index (χ2v) is 7.77. The molecule has 25 heavy (non-hydrogen) atoms. The Labute approximate surface area is 147 Å². The molecule has 1 saturated heterocycles. The average molecular weight is 373 g/mol. The van der Waals surface area contributed by atoms with Crippen LogP contribution < -0.4 is 5.01 Å². The quantitative estimate of drug-likeness (QED) is 0.728. The van der Waals surface area contributed by atoms with E-state index in [1.807, 2.05) is 0 Å². The van der Waals surface area contributed by atoms with Crippen molar-refractivity contribution in [3.8, 4) is 0 Å². The fourth-order valence-corrected chi connectivity index (χ4v) is 3.50. The number of carbonyl (C=O) groups is 1. The molecule has 2 heterocycles. The maximum atomic E-state index is 12.8. The number of anilines is 1. The third-order valence-corrected chi connectivity index (χ3v) is 4.61. The number of rotatable bonds is 1. The predicted octanol–water partition coefficient (Wildman–Crippen LogP) is 4.68. The molecule has 5 nitrogen and oxygen atoms in total. The zero-order valence-electron chi connectivity index (χ0n) is 14.1. The number of carbonyl (C=O) groups excluding carboxylic acids is 1. The third-order valence-electron chi connectivity index (χ3n) is 3.56. The van der Waals surface area contributed by atoms with Crippen LogP contribution in [0.1, 0.15) is 32.8 Å². The number of halogens is 3. The van der Waals surface area contributed by atoms with Gasteiger partial charge in [0.15, 0.2) is 0 Å². The van der Waals surface area contributed by atoms with Crippen molar-refractivity contribution in [2.75, 3.05) is 18.1 Å². The van der Waals surface area contributed by atoms with Crippen molar-refractivity contribution in [3.63, 3.8) is 0 Å². The molecule has 0 atom stereocenters. The number of aromatic nitrogens is 1. The molecule has 0 spiro atoms. The normalized spacial score (nSPS) is 15.9. The van der Waals surface area contributed by atoms with Crippen LogP contribution in [-0.2, 0) is 10.9 Å². The van der Waals surface area contributed by atoms with Gasteiger partial charge in [-0.15, -0.1) is 0 Å². The lowest BCUT2D eigenvalue weighted by Gasteiger charge is -2.30. The molecule has 1 amide bonds. The summed E-state index contributed by atoms with van der Waals surface area (Å²) < 4.78 is 44.6. The van der Waals surface area contributed by atoms with Gasteiger partial charge in [0.25, 0.3) is 0 Å². The van der Waals surface area contributed by atoms with Crippen LogP contribution in [0.3, 0.4) is 0 Å². The van der Waals surface area contributed by atoms with E-state index in [0.717, 1.165) is 18.6 Å². The summed E-state index contributed by atoms with van der Waals surface area (Å²) >= 11 is 1.25. The largest absolute Gasteiger partial charge is 0.442 e. The predicted molar refractivity (Wildman–Crippen MR) is 89.5 cm³/mol. The van der Waals surface area contributed by atoms with E-state index in [0.29, 0.717) is 22.9 Å². The first-order valence-electron chi connectivity index (χ1n) is 7.80. The molecular weight excluding hydrogens is 355 g/mol. The van der Waals surface area contributed by atoms with Crippen molar-refractivity contribution in [1.29, 1.82) is 0 Å². The van der Waals surface area contributed by atoms with E-state index in [4.69, 9.17) is 4.74 Å². The Morgan fingerprint density at radius 3 is 2.60 bits per heavy atom. The van der Waals surface area contributed by atoms with Gasteiger partial charge in [-0.25, -0.2) is 14.8 Å². The van der Waals surface area contributed by atoms with Gasteiger partial charge in [-0.1, -0.05) is 11.3 Å². The highest BCUT2D eigenvalue weighted by atomic mass is 32.1. The van der Waals surface area contributed by atoms with Gasteiger partial charge in [0.1, 0.15) is 5.60 Å². The molecule has 3 rings (SSSR count). The Kier molecular flexibility index (Phi) is 4.30. The van der Waals surface area contributed by atoms with Gasteiger partial charge in [-0.3, -0.25) is 5.01 Å². The van der Waals surface area contributed by atoms with Crippen LogP contribution in [0.4, 0.5) is 23.1 Å². The number of benzene rings is 1. The first-order valence-corrected chi connectivity index (χ1v) is 8.62. The van der Waals surface area contributed by atoms with E-state index in [2.05, 4.69) is 4.98 Å². The number of ether oxygens (including phenoxy) is 1. The molecule has 0 unspecified atom stereocenters. The van der Waals surface area contributed by atoms with Gasteiger partial charge in [-0.2, -0.15) is 13.2 Å². The van der Waals surface area contributed by atoms with Crippen LogP contribution >= 0.6 is 11.3 Å². The lowest BCUT2D eigenvalue weighted by Crippen LogP contribution is -2.44. The Hall–Kier alpha value is -2.03. The van der Waals surface area contributed by atoms with Gasteiger partial charge >= 0.3 is 12.3 Å². The number of nitrogens with zero attached hydrogens (tertiary/aromatic N) is 3. The van der Waals surface area contributed by atoms with Gasteiger partial charge in [0, 0.05) is 13.1 Å². The van der Waals surface area contributed by atoms with Crippen LogP contribution in [0.25, 0.3) is 10.2 Å². The monoisotopic (exact) mass is 373 g/mol. The molecule has 0 N–H and O–H groups in total. The van der Waals surface area contributed by atoms with Crippen LogP contribution in [0.2, 0.25) is 0 Å². The summed E-state index contributed by atoms with van der Waals surface area (Å²) in [6, 6.07) is 3.48. The fraction of sp³-hybridized carbons (Fsp3) is 0.500. The lowest BCUT2D eigenvalue weighted by molar-refractivity contribution is -0.137. The number of hydrazine groups is 1. The number of thiazole rings is 1. The molecule has 1 aliphatic heterocycles. The lowest BCUT2D eigenvalue weighted by atomic mass is 10.2. The minimum Gasteiger partial charge on any atom is -0.442 e. The molecule has 1 fully saturated rings. The standard InChI is InChI=1S/C16H18F3N3O2S/c1-15(2,3)24-14(23)22-8-4-7-21(22)13-20-11-9-10(16(17,18)19)5-6-12(11)25-13/h5-6,9H,4,7-8H2,1-3H3. The molecule has 0 radical (unpaired) electrons. The van der Waals surface area contributed by atoms with E-state index in [-0.39, 0.29) is 5.52 Å². The Bertz CT molecular complexity index is 798. The van der Waals surface area contributed by atoms with E-state index < -0.39 is 23.4 Å². The molecule has 1 aromatic heterocycles. The van der Waals surface area contributed by atoms with Gasteiger partial charge in [0.05, 0.1) is 15.8 Å². The smallest absolute Gasteiger partial charge is 0.429 e. The minimum atomic E-state index is -4.41. The molecule has 0 aliphatic carbocycles. The molecule has 9 heteroatoms. The fourth-order valence-electron chi connectivity index (χ4n) is 2.52. The third kappa shape index (κ3) is 3.81. The zero-order chi connectivity index (χ0) is 18.4. The van der Waals surface area contributed by atoms with E-state index in [1.165, 1.54) is 22.4 Å². The SMILES string of the molecule is CC(C)(C)OC(=O)N1CCCN1c1nc2cc(C(F)(F)F)ccc2s1. The minimum absolute atomic E-state index is 0.269. The molecule has 136 valence electrons. The van der Waals surface area contributed by atoms with Gasteiger partial charge in [-0.05, 0) is 45.4 Å². The average Bonchev–Trinajstić information content (AvgIpc) is 3.10. The molecule has 1 aliphatic rings. The summed E-state index contributed by atoms with van der Waals surface area (Å²) in [4.78, 5) is 16.6. The molecule has 0 bridgehead atoms. The number of hydrogen-bond acceptors (Lipinski definition) is 5. The van der Waals surface area contributed by atoms with E-state index in [9.17, 15) is 18.0 Å². The van der Waals surface area contributed by atoms with Crippen LogP contribution in [0.5, 0.6) is 0 Å². The Morgan fingerprint density at radius 1 is 1.24 bits per heavy atom. The Balaban J connectivity index is 1.88. The van der Waals surface area contributed by atoms with Crippen molar-refractivity contribution in [2.24, 2.45) is 0 Å². The summed E-state index contributed by atoms with van der Waals surface area (Å²) in [5.41, 5.74) is -1.09. The second kappa shape index (κ2) is 6.05. The van der Waals surface area contributed by atoms with Gasteiger partial charge in [0.2, 0.25) is 5.13 Å². The van der Waals surface area contributed by atoms with Crippen molar-refractivity contribution >= 4 is 32.8 Å². The molecule has 2 aromatic rings. The van der Waals surface area contributed by atoms with Crippen molar-refractivity contribution in [3.05, 3.63) is 23.8 Å². The highest BCUT2D eigenvalue weighted by Gasteiger charge is 2.34. The zero-order valence-corrected chi connectivity index (χ0v) is 14.9. The maximum Gasteiger partial charge on any atom is 0.429 e. The summed E-state index contributed by atoms with van der Waals surface area (Å²) in [7, 11) is 0. The van der Waals surface area contributed by atoms with Crippen molar-refractivity contribution in [2.45, 2.75) is 39.0 Å². The summed E-state index contributed by atoms with van der Waals surface area (Å²) in [5.74, 6) is 0. The first kappa shape index (κ1) is 17.8. The van der Waals surface area contributed by atoms with E-state index >= 15 is 0 Å². The topological polar surface area (TPSA) is 45.7 Å². The number of alkyl halides is 3. The van der Waals surface area contributed by atoms with Crippen molar-refractivity contribution < 1.29 is 22.7 Å². The number of hydrogen-bond donors (Lipinski definition) is 0.